The minimum absolute atomic E-state index is 0. The molecule has 6 heavy (non-hydrogen) atoms. The van der Waals surface area contributed by atoms with Gasteiger partial charge in [-0.05, 0) is 0 Å². The number of rotatable bonds is 0. The van der Waals surface area contributed by atoms with Crippen LogP contribution in [0.4, 0.5) is 0 Å². The number of hydrogen-bond acceptors (Lipinski definition) is 0. The van der Waals surface area contributed by atoms with Gasteiger partial charge in [-0.15, -0.1) is 0 Å². The third-order valence-electron chi connectivity index (χ3n) is 0. The van der Waals surface area contributed by atoms with Gasteiger partial charge in [0.1, 0.15) is 0 Å². The first kappa shape index (κ1) is 53.7. The van der Waals surface area contributed by atoms with Gasteiger partial charge in [-0.3, -0.25) is 0 Å². The van der Waals surface area contributed by atoms with Crippen molar-refractivity contribution in [1.82, 2.24) is 0 Å². The first-order valence-electron chi connectivity index (χ1n) is 0. The van der Waals surface area contributed by atoms with E-state index in [-0.39, 0.29) is 116 Å². The summed E-state index contributed by atoms with van der Waals surface area (Å²) in [5.41, 5.74) is 0. The van der Waals surface area contributed by atoms with Gasteiger partial charge >= 0.3 is 61.3 Å². The van der Waals surface area contributed by atoms with Crippen molar-refractivity contribution in [1.29, 1.82) is 0 Å². The van der Waals surface area contributed by atoms with Crippen molar-refractivity contribution in [3.05, 3.63) is 0 Å². The third-order valence-corrected chi connectivity index (χ3v) is 0. The summed E-state index contributed by atoms with van der Waals surface area (Å²) in [5.74, 6) is 0. The molecular weight excluding hydrogens is 579 g/mol. The second kappa shape index (κ2) is 37.7. The van der Waals surface area contributed by atoms with Crippen molar-refractivity contribution in [3.63, 3.8) is 0 Å². The van der Waals surface area contributed by atoms with Crippen LogP contribution in [0.15, 0.2) is 0 Å². The maximum atomic E-state index is 0. The van der Waals surface area contributed by atoms with Crippen molar-refractivity contribution >= 4 is 61.3 Å². The first-order chi connectivity index (χ1) is 0. The van der Waals surface area contributed by atoms with Crippen LogP contribution in [0.5, 0.6) is 0 Å². The van der Waals surface area contributed by atoms with Gasteiger partial charge in [-0.1, -0.05) is 0 Å². The van der Waals surface area contributed by atoms with Gasteiger partial charge in [0, 0.05) is 54.9 Å². The summed E-state index contributed by atoms with van der Waals surface area (Å²) in [7, 11) is 0. The Morgan fingerprint density at radius 3 is 1.00 bits per heavy atom. The Balaban J connectivity index is 0. The van der Waals surface area contributed by atoms with E-state index in [1.54, 1.807) is 0 Å². The molecule has 0 saturated carbocycles. The van der Waals surface area contributed by atoms with Gasteiger partial charge in [-0.25, -0.2) is 0 Å². The molecule has 0 aliphatic heterocycles. The van der Waals surface area contributed by atoms with Crippen molar-refractivity contribution in [3.8, 4) is 0 Å². The van der Waals surface area contributed by atoms with Crippen LogP contribution < -0.4 is 0 Å². The molecule has 0 heterocycles. The van der Waals surface area contributed by atoms with Crippen molar-refractivity contribution in [2.45, 2.75) is 0 Å². The summed E-state index contributed by atoms with van der Waals surface area (Å²) in [4.78, 5) is 0. The molecule has 6 heteroatoms. The van der Waals surface area contributed by atoms with Crippen molar-refractivity contribution in [2.75, 3.05) is 0 Å². The van der Waals surface area contributed by atoms with Gasteiger partial charge in [0.05, 0.1) is 0 Å². The van der Waals surface area contributed by atoms with Gasteiger partial charge < -0.3 is 0 Å². The van der Waals surface area contributed by atoms with E-state index in [0.29, 0.717) is 0 Å². The summed E-state index contributed by atoms with van der Waals surface area (Å²) in [6.07, 6.45) is 0. The first-order valence-corrected chi connectivity index (χ1v) is 0. The second-order valence-electron chi connectivity index (χ2n) is 0. The summed E-state index contributed by atoms with van der Waals surface area (Å²) < 4.78 is 0. The molecule has 0 aliphatic rings. The van der Waals surface area contributed by atoms with Crippen LogP contribution in [0.25, 0.3) is 0 Å². The van der Waals surface area contributed by atoms with E-state index in [0.717, 1.165) is 0 Å². The molecule has 50 valence electrons. The second-order valence-corrected chi connectivity index (χ2v) is 0. The van der Waals surface area contributed by atoms with Crippen LogP contribution in [0, 0.1) is 0 Å². The molecule has 4 radical (unpaired) electrons. The molecule has 0 saturated heterocycles. The molecule has 0 nitrogen and oxygen atoms in total. The van der Waals surface area contributed by atoms with Gasteiger partial charge in [-0.2, -0.15) is 0 Å². The molecule has 0 amide bonds. The fraction of sp³-hybridized carbons (Fsp3) is 0. The molecule has 0 spiro atoms. The monoisotopic (exact) mass is 589 g/mol. The average Bonchev–Trinajstić information content (AvgIpc) is 0. The van der Waals surface area contributed by atoms with E-state index in [9.17, 15) is 0 Å². The normalized spacial score (nSPS) is 0. The molecule has 0 N–H and O–H groups in total. The fourth-order valence-electron chi connectivity index (χ4n) is 0. The van der Waals surface area contributed by atoms with Crippen LogP contribution in [0.2, 0.25) is 0 Å². The fourth-order valence-corrected chi connectivity index (χ4v) is 0. The van der Waals surface area contributed by atoms with Gasteiger partial charge in [0.15, 0.2) is 0 Å². The van der Waals surface area contributed by atoms with Crippen LogP contribution in [-0.2, 0) is 54.9 Å². The molecule has 0 atom stereocenters. The SMILES string of the molecule is [Co].[Cu].[GaH3].[GeH4].[Pt].[SnH2]. The third kappa shape index (κ3) is 25.3. The van der Waals surface area contributed by atoms with Crippen molar-refractivity contribution in [2.24, 2.45) is 0 Å². The van der Waals surface area contributed by atoms with E-state index in [2.05, 4.69) is 0 Å². The standard InChI is InChI=1S/Co.Cu.Ga.GeH4.Pt.Sn.5H/h;;;1H4;;;;;;;. The summed E-state index contributed by atoms with van der Waals surface area (Å²) in [6.45, 7) is 0. The van der Waals surface area contributed by atoms with Crippen LogP contribution >= 0.6 is 0 Å². The van der Waals surface area contributed by atoms with E-state index in [1.165, 1.54) is 0 Å². The van der Waals surface area contributed by atoms with Gasteiger partial charge in [0.2, 0.25) is 0 Å². The van der Waals surface area contributed by atoms with E-state index >= 15 is 0 Å². The molecule has 0 aromatic rings. The summed E-state index contributed by atoms with van der Waals surface area (Å²) in [5, 5.41) is 0. The molecule has 0 fully saturated rings. The summed E-state index contributed by atoms with van der Waals surface area (Å²) >= 11 is 0. The zero-order chi connectivity index (χ0) is 0. The summed E-state index contributed by atoms with van der Waals surface area (Å²) in [6, 6.07) is 0. The predicted octanol–water partition coefficient (Wildman–Crippen LogP) is -3.56. The van der Waals surface area contributed by atoms with Crippen LogP contribution in [0.1, 0.15) is 0 Å². The van der Waals surface area contributed by atoms with E-state index in [4.69, 9.17) is 0 Å². The van der Waals surface area contributed by atoms with E-state index in [1.807, 2.05) is 0 Å². The predicted molar refractivity (Wildman–Crippen MR) is 29.8 cm³/mol. The molecule has 0 unspecified atom stereocenters. The molecule has 0 rings (SSSR count). The molecule has 0 bridgehead atoms. The quantitative estimate of drug-likeness (QED) is 0.258. The Hall–Kier alpha value is 3.69. The average molecular weight is 588 g/mol. The van der Waals surface area contributed by atoms with Crippen molar-refractivity contribution < 1.29 is 54.9 Å². The Morgan fingerprint density at radius 2 is 1.00 bits per heavy atom. The maximum absolute atomic E-state index is 0. The van der Waals surface area contributed by atoms with Crippen LogP contribution in [-0.4, -0.2) is 61.3 Å². The molecule has 0 aromatic heterocycles. The van der Waals surface area contributed by atoms with E-state index < -0.39 is 0 Å². The minimum atomic E-state index is 0. The van der Waals surface area contributed by atoms with Gasteiger partial charge in [0.25, 0.3) is 0 Å². The zero-order valence-corrected chi connectivity index (χ0v) is 9.95. The zero-order valence-electron chi connectivity index (χ0n) is 1.66. The molecule has 0 aromatic carbocycles. The number of hydrogen-bond donors (Lipinski definition) is 0. The Labute approximate surface area is 114 Å². The Kier molecular flexibility index (Phi) is 338. The van der Waals surface area contributed by atoms with Crippen LogP contribution in [0.3, 0.4) is 0 Å². The molecule has 0 aliphatic carbocycles. The Morgan fingerprint density at radius 1 is 1.00 bits per heavy atom. The molecular formula is H9CoCuGaGePtSn. The Bertz CT molecular complexity index is 15.5. The topological polar surface area (TPSA) is 0 Å².